The van der Waals surface area contributed by atoms with Crippen molar-refractivity contribution in [2.75, 3.05) is 19.7 Å². The van der Waals surface area contributed by atoms with E-state index in [4.69, 9.17) is 9.84 Å². The number of ether oxygens (including phenoxy) is 1. The summed E-state index contributed by atoms with van der Waals surface area (Å²) in [5.41, 5.74) is 3.68. The molecule has 0 heterocycles. The molecule has 0 radical (unpaired) electrons. The van der Waals surface area contributed by atoms with Crippen LogP contribution in [0.2, 0.25) is 0 Å². The number of benzene rings is 2. The number of amides is 2. The molecule has 0 saturated heterocycles. The van der Waals surface area contributed by atoms with Crippen LogP contribution < -0.4 is 10.6 Å². The van der Waals surface area contributed by atoms with Crippen LogP contribution in [-0.4, -0.2) is 42.8 Å². The fourth-order valence-electron chi connectivity index (χ4n) is 3.96. The minimum atomic E-state index is -1.01. The molecule has 0 bridgehead atoms. The van der Waals surface area contributed by atoms with Gasteiger partial charge < -0.3 is 20.5 Å². The highest BCUT2D eigenvalue weighted by Crippen LogP contribution is 2.44. The molecule has 2 amide bonds. The Morgan fingerprint density at radius 2 is 1.58 bits per heavy atom. The van der Waals surface area contributed by atoms with Crippen molar-refractivity contribution in [2.45, 2.75) is 39.5 Å². The number of aliphatic carboxylic acids is 1. The normalized spacial score (nSPS) is 13.5. The van der Waals surface area contributed by atoms with E-state index >= 15 is 0 Å². The summed E-state index contributed by atoms with van der Waals surface area (Å²) in [4.78, 5) is 35.4. The number of fused-ring (bicyclic) bond motifs is 3. The second-order valence-corrected chi connectivity index (χ2v) is 9.32. The molecule has 0 aliphatic heterocycles. The first-order valence-electron chi connectivity index (χ1n) is 11.3. The van der Waals surface area contributed by atoms with Gasteiger partial charge >= 0.3 is 12.1 Å². The molecular weight excluding hydrogens is 420 g/mol. The molecule has 1 unspecified atom stereocenters. The van der Waals surface area contributed by atoms with Crippen molar-refractivity contribution in [3.63, 3.8) is 0 Å². The summed E-state index contributed by atoms with van der Waals surface area (Å²) in [5.74, 6) is -1.10. The van der Waals surface area contributed by atoms with Crippen LogP contribution in [0.1, 0.15) is 50.7 Å². The van der Waals surface area contributed by atoms with Crippen molar-refractivity contribution < 1.29 is 24.2 Å². The Morgan fingerprint density at radius 1 is 1.00 bits per heavy atom. The number of carboxylic acids is 1. The molecule has 3 rings (SSSR count). The molecule has 3 N–H and O–H groups in total. The van der Waals surface area contributed by atoms with Gasteiger partial charge in [-0.3, -0.25) is 9.59 Å². The van der Waals surface area contributed by atoms with Crippen LogP contribution in [0.15, 0.2) is 48.5 Å². The average Bonchev–Trinajstić information content (AvgIpc) is 3.10. The lowest BCUT2D eigenvalue weighted by molar-refractivity contribution is -0.146. The summed E-state index contributed by atoms with van der Waals surface area (Å²) in [6.45, 7) is 5.78. The van der Waals surface area contributed by atoms with Crippen molar-refractivity contribution in [3.05, 3.63) is 59.7 Å². The molecule has 1 aliphatic rings. The quantitative estimate of drug-likeness (QED) is 0.502. The summed E-state index contributed by atoms with van der Waals surface area (Å²) in [7, 11) is 0. The molecule has 33 heavy (non-hydrogen) atoms. The van der Waals surface area contributed by atoms with Crippen LogP contribution in [0.3, 0.4) is 0 Å². The molecule has 0 aromatic heterocycles. The summed E-state index contributed by atoms with van der Waals surface area (Å²) < 4.78 is 5.52. The third kappa shape index (κ3) is 6.12. The van der Waals surface area contributed by atoms with E-state index in [2.05, 4.69) is 34.9 Å². The fourth-order valence-corrected chi connectivity index (χ4v) is 3.96. The smallest absolute Gasteiger partial charge is 0.407 e. The van der Waals surface area contributed by atoms with Gasteiger partial charge in [0.25, 0.3) is 0 Å². The molecule has 7 heteroatoms. The fraction of sp³-hybridized carbons (Fsp3) is 0.423. The Balaban J connectivity index is 1.40. The Labute approximate surface area is 194 Å². The lowest BCUT2D eigenvalue weighted by atomic mass is 9.93. The van der Waals surface area contributed by atoms with E-state index in [1.54, 1.807) is 13.8 Å². The number of hydrogen-bond donors (Lipinski definition) is 3. The van der Waals surface area contributed by atoms with Crippen molar-refractivity contribution in [1.82, 2.24) is 10.6 Å². The van der Waals surface area contributed by atoms with Gasteiger partial charge in [-0.25, -0.2) is 4.79 Å². The van der Waals surface area contributed by atoms with E-state index in [1.807, 2.05) is 31.2 Å². The highest BCUT2D eigenvalue weighted by atomic mass is 16.5. The number of rotatable bonds is 10. The van der Waals surface area contributed by atoms with Gasteiger partial charge in [0.15, 0.2) is 0 Å². The van der Waals surface area contributed by atoms with Crippen LogP contribution in [0.5, 0.6) is 0 Å². The third-order valence-electron chi connectivity index (χ3n) is 6.09. The molecule has 2 aromatic carbocycles. The van der Waals surface area contributed by atoms with E-state index in [9.17, 15) is 14.4 Å². The minimum Gasteiger partial charge on any atom is -0.481 e. The van der Waals surface area contributed by atoms with E-state index < -0.39 is 17.5 Å². The first kappa shape index (κ1) is 24.3. The van der Waals surface area contributed by atoms with E-state index in [1.165, 1.54) is 11.1 Å². The SMILES string of the molecule is CC(CCNC(=O)OCC1c2ccccc2-c2ccccc21)CC(=O)NCC(C)(C)C(=O)O. The Kier molecular flexibility index (Phi) is 7.74. The molecular formula is C26H32N2O5. The number of carboxylic acid groups (broad SMARTS) is 1. The predicted molar refractivity (Wildman–Crippen MR) is 126 cm³/mol. The van der Waals surface area contributed by atoms with Crippen molar-refractivity contribution in [3.8, 4) is 11.1 Å². The maximum atomic E-state index is 12.2. The van der Waals surface area contributed by atoms with E-state index in [0.717, 1.165) is 11.1 Å². The summed E-state index contributed by atoms with van der Waals surface area (Å²) in [5, 5.41) is 14.5. The zero-order chi connectivity index (χ0) is 24.0. The zero-order valence-corrected chi connectivity index (χ0v) is 19.4. The van der Waals surface area contributed by atoms with Crippen LogP contribution in [0.4, 0.5) is 4.79 Å². The average molecular weight is 453 g/mol. The van der Waals surface area contributed by atoms with Gasteiger partial charge in [0, 0.05) is 25.4 Å². The lowest BCUT2D eigenvalue weighted by Gasteiger charge is -2.20. The van der Waals surface area contributed by atoms with Crippen LogP contribution in [0.25, 0.3) is 11.1 Å². The van der Waals surface area contributed by atoms with Gasteiger partial charge in [0.1, 0.15) is 6.61 Å². The molecule has 2 aromatic rings. The van der Waals surface area contributed by atoms with Crippen LogP contribution in [0, 0.1) is 11.3 Å². The number of nitrogens with one attached hydrogen (secondary N) is 2. The van der Waals surface area contributed by atoms with Gasteiger partial charge in [0.05, 0.1) is 5.41 Å². The van der Waals surface area contributed by atoms with Gasteiger partial charge in [-0.2, -0.15) is 0 Å². The maximum absolute atomic E-state index is 12.2. The van der Waals surface area contributed by atoms with Gasteiger partial charge in [-0.05, 0) is 48.4 Å². The standard InChI is InChI=1S/C26H32N2O5/c1-17(14-23(29)28-16-26(2,3)24(30)31)12-13-27-25(32)33-15-22-20-10-6-4-8-18(20)19-9-5-7-11-21(19)22/h4-11,17,22H,12-16H2,1-3H3,(H,27,32)(H,28,29)(H,30,31). The Bertz CT molecular complexity index is 972. The van der Waals surface area contributed by atoms with Gasteiger partial charge in [0.2, 0.25) is 5.91 Å². The Hall–Kier alpha value is -3.35. The third-order valence-corrected chi connectivity index (χ3v) is 6.09. The minimum absolute atomic E-state index is 0.0147. The van der Waals surface area contributed by atoms with Crippen LogP contribution >= 0.6 is 0 Å². The molecule has 0 saturated carbocycles. The molecule has 7 nitrogen and oxygen atoms in total. The highest BCUT2D eigenvalue weighted by molar-refractivity contribution is 5.79. The summed E-state index contributed by atoms with van der Waals surface area (Å²) in [6, 6.07) is 16.4. The van der Waals surface area contributed by atoms with Gasteiger partial charge in [-0.15, -0.1) is 0 Å². The number of carbonyl (C=O) groups excluding carboxylic acids is 2. The topological polar surface area (TPSA) is 105 Å². The predicted octanol–water partition coefficient (Wildman–Crippen LogP) is 4.17. The van der Waals surface area contributed by atoms with Crippen molar-refractivity contribution in [2.24, 2.45) is 11.3 Å². The largest absolute Gasteiger partial charge is 0.481 e. The number of hydrogen-bond acceptors (Lipinski definition) is 4. The first-order chi connectivity index (χ1) is 15.7. The number of carbonyl (C=O) groups is 3. The van der Waals surface area contributed by atoms with Crippen molar-refractivity contribution >= 4 is 18.0 Å². The maximum Gasteiger partial charge on any atom is 0.407 e. The number of alkyl carbamates (subject to hydrolysis) is 1. The van der Waals surface area contributed by atoms with E-state index in [-0.39, 0.29) is 37.3 Å². The molecule has 0 fully saturated rings. The molecule has 0 spiro atoms. The highest BCUT2D eigenvalue weighted by Gasteiger charge is 2.29. The first-order valence-corrected chi connectivity index (χ1v) is 11.3. The monoisotopic (exact) mass is 452 g/mol. The zero-order valence-electron chi connectivity index (χ0n) is 19.4. The molecule has 1 aliphatic carbocycles. The molecule has 176 valence electrons. The lowest BCUT2D eigenvalue weighted by Crippen LogP contribution is -2.39. The second kappa shape index (κ2) is 10.5. The van der Waals surface area contributed by atoms with Gasteiger partial charge in [-0.1, -0.05) is 55.5 Å². The van der Waals surface area contributed by atoms with Crippen LogP contribution in [-0.2, 0) is 14.3 Å². The Morgan fingerprint density at radius 3 is 2.15 bits per heavy atom. The molecule has 1 atom stereocenters. The second-order valence-electron chi connectivity index (χ2n) is 9.32. The summed E-state index contributed by atoms with van der Waals surface area (Å²) in [6.07, 6.45) is 0.402. The summed E-state index contributed by atoms with van der Waals surface area (Å²) >= 11 is 0. The van der Waals surface area contributed by atoms with Crippen molar-refractivity contribution in [1.29, 1.82) is 0 Å². The van der Waals surface area contributed by atoms with E-state index in [0.29, 0.717) is 13.0 Å².